The van der Waals surface area contributed by atoms with Gasteiger partial charge in [0.25, 0.3) is 0 Å². The maximum atomic E-state index is 9.57. The SMILES string of the molecule is CO[C@@H]1O[C@@H](C)[C@@H](O)[C@@H](O)[C@H]1OC. The van der Waals surface area contributed by atoms with Crippen LogP contribution in [0.2, 0.25) is 0 Å². The van der Waals surface area contributed by atoms with E-state index in [0.717, 1.165) is 0 Å². The molecule has 0 aromatic carbocycles. The monoisotopic (exact) mass is 192 g/mol. The molecule has 1 saturated heterocycles. The Morgan fingerprint density at radius 2 is 1.69 bits per heavy atom. The van der Waals surface area contributed by atoms with Crippen molar-refractivity contribution in [3.8, 4) is 0 Å². The minimum atomic E-state index is -0.973. The molecule has 2 N–H and O–H groups in total. The second kappa shape index (κ2) is 4.34. The zero-order valence-electron chi connectivity index (χ0n) is 8.01. The molecule has 5 heteroatoms. The fraction of sp³-hybridized carbons (Fsp3) is 1.00. The molecular formula is C8H16O5. The standard InChI is InChI=1S/C8H16O5/c1-4-5(9)6(10)7(11-2)8(12-3)13-4/h4-10H,1-3H3/t4-,5+,6+,7+,8+/m0/s1. The molecule has 1 rings (SSSR count). The van der Waals surface area contributed by atoms with Gasteiger partial charge in [0.1, 0.15) is 18.3 Å². The number of aliphatic hydroxyl groups is 2. The highest BCUT2D eigenvalue weighted by Crippen LogP contribution is 2.22. The summed E-state index contributed by atoms with van der Waals surface area (Å²) in [6, 6.07) is 0. The van der Waals surface area contributed by atoms with E-state index in [1.807, 2.05) is 0 Å². The lowest BCUT2D eigenvalue weighted by molar-refractivity contribution is -0.291. The Morgan fingerprint density at radius 1 is 1.08 bits per heavy atom. The quantitative estimate of drug-likeness (QED) is 0.594. The molecule has 0 aromatic heterocycles. The highest BCUT2D eigenvalue weighted by Gasteiger charge is 2.43. The van der Waals surface area contributed by atoms with E-state index in [0.29, 0.717) is 0 Å². The Bertz CT molecular complexity index is 161. The third-order valence-electron chi connectivity index (χ3n) is 2.29. The van der Waals surface area contributed by atoms with Gasteiger partial charge < -0.3 is 24.4 Å². The lowest BCUT2D eigenvalue weighted by Crippen LogP contribution is -2.57. The predicted molar refractivity (Wildman–Crippen MR) is 44.2 cm³/mol. The number of rotatable bonds is 2. The van der Waals surface area contributed by atoms with Gasteiger partial charge in [-0.2, -0.15) is 0 Å². The first-order valence-corrected chi connectivity index (χ1v) is 4.19. The molecule has 0 spiro atoms. The molecule has 0 bridgehead atoms. The average molecular weight is 192 g/mol. The van der Waals surface area contributed by atoms with Crippen LogP contribution in [0.3, 0.4) is 0 Å². The lowest BCUT2D eigenvalue weighted by atomic mass is 10.00. The first kappa shape index (κ1) is 10.9. The normalized spacial score (nSPS) is 46.4. The predicted octanol–water partition coefficient (Wildman–Crippen LogP) is -0.886. The van der Waals surface area contributed by atoms with Crippen LogP contribution in [-0.4, -0.2) is 55.1 Å². The maximum absolute atomic E-state index is 9.57. The summed E-state index contributed by atoms with van der Waals surface area (Å²) in [5, 5.41) is 19.0. The van der Waals surface area contributed by atoms with E-state index < -0.39 is 30.7 Å². The molecule has 0 saturated carbocycles. The van der Waals surface area contributed by atoms with Gasteiger partial charge in [0.05, 0.1) is 6.10 Å². The van der Waals surface area contributed by atoms with Crippen molar-refractivity contribution in [2.24, 2.45) is 0 Å². The first-order valence-electron chi connectivity index (χ1n) is 4.19. The Morgan fingerprint density at radius 3 is 2.15 bits per heavy atom. The van der Waals surface area contributed by atoms with Crippen molar-refractivity contribution in [3.05, 3.63) is 0 Å². The fourth-order valence-electron chi connectivity index (χ4n) is 1.44. The van der Waals surface area contributed by atoms with Crippen molar-refractivity contribution in [2.45, 2.75) is 37.6 Å². The van der Waals surface area contributed by atoms with Crippen molar-refractivity contribution >= 4 is 0 Å². The molecule has 1 aliphatic heterocycles. The van der Waals surface area contributed by atoms with Gasteiger partial charge in [0, 0.05) is 14.2 Å². The molecule has 1 aliphatic rings. The molecular weight excluding hydrogens is 176 g/mol. The highest BCUT2D eigenvalue weighted by atomic mass is 16.7. The van der Waals surface area contributed by atoms with Crippen LogP contribution in [0.5, 0.6) is 0 Å². The third-order valence-corrected chi connectivity index (χ3v) is 2.29. The first-order chi connectivity index (χ1) is 6.11. The van der Waals surface area contributed by atoms with Gasteiger partial charge >= 0.3 is 0 Å². The zero-order valence-corrected chi connectivity index (χ0v) is 8.01. The molecule has 13 heavy (non-hydrogen) atoms. The van der Waals surface area contributed by atoms with Gasteiger partial charge in [0.2, 0.25) is 0 Å². The van der Waals surface area contributed by atoms with Crippen molar-refractivity contribution in [1.82, 2.24) is 0 Å². The van der Waals surface area contributed by atoms with Crippen LogP contribution in [-0.2, 0) is 14.2 Å². The summed E-state index contributed by atoms with van der Waals surface area (Å²) in [6.45, 7) is 1.67. The smallest absolute Gasteiger partial charge is 0.186 e. The highest BCUT2D eigenvalue weighted by molar-refractivity contribution is 4.87. The molecule has 5 nitrogen and oxygen atoms in total. The van der Waals surface area contributed by atoms with Crippen LogP contribution in [0, 0.1) is 0 Å². The average Bonchev–Trinajstić information content (AvgIpc) is 2.13. The van der Waals surface area contributed by atoms with Crippen LogP contribution >= 0.6 is 0 Å². The minimum Gasteiger partial charge on any atom is -0.388 e. The number of aliphatic hydroxyl groups excluding tert-OH is 2. The summed E-state index contributed by atoms with van der Waals surface area (Å²) in [5.41, 5.74) is 0. The van der Waals surface area contributed by atoms with Crippen LogP contribution in [0.25, 0.3) is 0 Å². The fourth-order valence-corrected chi connectivity index (χ4v) is 1.44. The van der Waals surface area contributed by atoms with E-state index >= 15 is 0 Å². The second-order valence-electron chi connectivity index (χ2n) is 3.13. The maximum Gasteiger partial charge on any atom is 0.186 e. The van der Waals surface area contributed by atoms with Crippen LogP contribution < -0.4 is 0 Å². The Labute approximate surface area is 77.2 Å². The Hall–Kier alpha value is -0.200. The Kier molecular flexibility index (Phi) is 3.63. The van der Waals surface area contributed by atoms with E-state index in [-0.39, 0.29) is 0 Å². The molecule has 0 aromatic rings. The zero-order chi connectivity index (χ0) is 10.0. The summed E-state index contributed by atoms with van der Waals surface area (Å²) in [7, 11) is 2.90. The number of methoxy groups -OCH3 is 2. The molecule has 78 valence electrons. The van der Waals surface area contributed by atoms with Crippen molar-refractivity contribution in [1.29, 1.82) is 0 Å². The van der Waals surface area contributed by atoms with E-state index in [1.54, 1.807) is 6.92 Å². The summed E-state index contributed by atoms with van der Waals surface area (Å²) < 4.78 is 15.2. The number of hydrogen-bond acceptors (Lipinski definition) is 5. The van der Waals surface area contributed by atoms with E-state index in [2.05, 4.69) is 0 Å². The largest absolute Gasteiger partial charge is 0.388 e. The van der Waals surface area contributed by atoms with Gasteiger partial charge in [0.15, 0.2) is 6.29 Å². The molecule has 0 radical (unpaired) electrons. The third kappa shape index (κ3) is 2.00. The van der Waals surface area contributed by atoms with Gasteiger partial charge in [-0.15, -0.1) is 0 Å². The number of hydrogen-bond donors (Lipinski definition) is 2. The van der Waals surface area contributed by atoms with Crippen LogP contribution in [0.1, 0.15) is 6.92 Å². The molecule has 5 atom stereocenters. The topological polar surface area (TPSA) is 68.2 Å². The molecule has 0 amide bonds. The lowest BCUT2D eigenvalue weighted by Gasteiger charge is -2.39. The van der Waals surface area contributed by atoms with E-state index in [4.69, 9.17) is 14.2 Å². The van der Waals surface area contributed by atoms with E-state index in [9.17, 15) is 10.2 Å². The van der Waals surface area contributed by atoms with Gasteiger partial charge in [-0.3, -0.25) is 0 Å². The van der Waals surface area contributed by atoms with Crippen molar-refractivity contribution in [3.63, 3.8) is 0 Å². The van der Waals surface area contributed by atoms with Gasteiger partial charge in [-0.1, -0.05) is 0 Å². The summed E-state index contributed by atoms with van der Waals surface area (Å²) >= 11 is 0. The summed E-state index contributed by atoms with van der Waals surface area (Å²) in [5.74, 6) is 0. The summed E-state index contributed by atoms with van der Waals surface area (Å²) in [6.07, 6.45) is -3.63. The van der Waals surface area contributed by atoms with Crippen molar-refractivity contribution in [2.75, 3.05) is 14.2 Å². The molecule has 0 aliphatic carbocycles. The molecule has 1 heterocycles. The van der Waals surface area contributed by atoms with Gasteiger partial charge in [-0.25, -0.2) is 0 Å². The van der Waals surface area contributed by atoms with Crippen LogP contribution in [0.4, 0.5) is 0 Å². The van der Waals surface area contributed by atoms with E-state index in [1.165, 1.54) is 14.2 Å². The van der Waals surface area contributed by atoms with Crippen molar-refractivity contribution < 1.29 is 24.4 Å². The Balaban J connectivity index is 2.69. The summed E-state index contributed by atoms with van der Waals surface area (Å²) in [4.78, 5) is 0. The second-order valence-corrected chi connectivity index (χ2v) is 3.13. The minimum absolute atomic E-state index is 0.452. The molecule has 0 unspecified atom stereocenters. The number of ether oxygens (including phenoxy) is 3. The van der Waals surface area contributed by atoms with Crippen LogP contribution in [0.15, 0.2) is 0 Å². The van der Waals surface area contributed by atoms with Gasteiger partial charge in [-0.05, 0) is 6.92 Å². The molecule has 1 fully saturated rings.